The van der Waals surface area contributed by atoms with E-state index in [1.807, 2.05) is 0 Å². The van der Waals surface area contributed by atoms with E-state index in [1.165, 1.54) is 18.0 Å². The van der Waals surface area contributed by atoms with Crippen LogP contribution in [0.4, 0.5) is 0 Å². The molecule has 1 aliphatic heterocycles. The van der Waals surface area contributed by atoms with Crippen LogP contribution in [0.2, 0.25) is 0 Å². The Morgan fingerprint density at radius 2 is 1.52 bits per heavy atom. The number of nitrogens with one attached hydrogen (secondary N) is 2. The first-order valence-electron chi connectivity index (χ1n) is 13.8. The Morgan fingerprint density at radius 1 is 0.950 bits per heavy atom. The number of fused-ring (bicyclic) bond motifs is 5. The highest BCUT2D eigenvalue weighted by atomic mass is 16.3. The monoisotopic (exact) mass is 554 g/mol. The Bertz CT molecular complexity index is 1190. The van der Waals surface area contributed by atoms with E-state index < -0.39 is 29.9 Å². The van der Waals surface area contributed by atoms with Gasteiger partial charge in [-0.15, -0.1) is 0 Å². The summed E-state index contributed by atoms with van der Waals surface area (Å²) >= 11 is 0. The number of nitrogens with two attached hydrogens (primary N) is 3. The number of hydrogen-bond donors (Lipinski definition) is 7. The number of likely N-dealkylation sites (N-methyl/N-ethyl adjacent to an activating group) is 1. The molecule has 2 aromatic carbocycles. The molecule has 11 heteroatoms. The van der Waals surface area contributed by atoms with E-state index in [9.17, 15) is 24.6 Å². The van der Waals surface area contributed by atoms with Crippen LogP contribution in [0.1, 0.15) is 43.2 Å². The molecule has 4 bridgehead atoms. The fourth-order valence-corrected chi connectivity index (χ4v) is 4.83. The number of carbonyl (C=O) groups excluding carboxylic acids is 3. The lowest BCUT2D eigenvalue weighted by Crippen LogP contribution is -2.57. The molecule has 0 fully saturated rings. The highest BCUT2D eigenvalue weighted by Crippen LogP contribution is 2.31. The standard InChI is InChI=1S/C29H42N6O5/c1-35-24(28(39)33-13-5-4-12-31)17-21-15-19(8-10-26(21)37)18-7-9-25(36)20(14-18)16-22(32)27(38)34-23(29(35)40)6-2-3-11-30/h7-10,14-15,22-24,36-37H,2-6,11-13,16-17,30-32H2,1H3,(H,33,39)(H,34,38)/t22-,23+,24+/m1/s1. The molecule has 3 amide bonds. The Labute approximate surface area is 235 Å². The van der Waals surface area contributed by atoms with Crippen molar-refractivity contribution in [1.29, 1.82) is 0 Å². The quantitative estimate of drug-likeness (QED) is 0.217. The van der Waals surface area contributed by atoms with E-state index in [0.717, 1.165) is 17.5 Å². The number of aromatic hydroxyl groups is 2. The Morgan fingerprint density at radius 3 is 2.12 bits per heavy atom. The molecule has 11 nitrogen and oxygen atoms in total. The molecule has 0 saturated carbocycles. The SMILES string of the molecule is CN1C(=O)[C@H](CCCCN)NC(=O)[C@H](N)Cc2cc(ccc2O)-c2ccc(O)c(c2)C[C@H]1C(=O)NCCCCN. The van der Waals surface area contributed by atoms with Crippen molar-refractivity contribution >= 4 is 17.7 Å². The summed E-state index contributed by atoms with van der Waals surface area (Å²) in [5.74, 6) is -1.38. The minimum absolute atomic E-state index is 0.00278. The second-order valence-electron chi connectivity index (χ2n) is 10.3. The minimum Gasteiger partial charge on any atom is -0.508 e. The third kappa shape index (κ3) is 7.93. The molecular formula is C29H42N6O5. The molecule has 1 aliphatic rings. The van der Waals surface area contributed by atoms with Crippen molar-refractivity contribution in [2.45, 2.75) is 63.1 Å². The van der Waals surface area contributed by atoms with Crippen LogP contribution in [0.15, 0.2) is 36.4 Å². The lowest BCUT2D eigenvalue weighted by Gasteiger charge is -2.31. The summed E-state index contributed by atoms with van der Waals surface area (Å²) in [6.45, 7) is 1.33. The summed E-state index contributed by atoms with van der Waals surface area (Å²) < 4.78 is 0. The van der Waals surface area contributed by atoms with Gasteiger partial charge in [-0.3, -0.25) is 14.4 Å². The first-order chi connectivity index (χ1) is 19.2. The fourth-order valence-electron chi connectivity index (χ4n) is 4.83. The van der Waals surface area contributed by atoms with Crippen LogP contribution in [0.25, 0.3) is 11.1 Å². The number of nitrogens with zero attached hydrogens (tertiary/aromatic N) is 1. The first-order valence-corrected chi connectivity index (χ1v) is 13.8. The Kier molecular flexibility index (Phi) is 11.3. The topological polar surface area (TPSA) is 197 Å². The Hall–Kier alpha value is -3.67. The van der Waals surface area contributed by atoms with Gasteiger partial charge >= 0.3 is 0 Å². The average Bonchev–Trinajstić information content (AvgIpc) is 2.94. The van der Waals surface area contributed by atoms with Crippen LogP contribution in [0.5, 0.6) is 11.5 Å². The molecule has 1 heterocycles. The summed E-state index contributed by atoms with van der Waals surface area (Å²) in [6.07, 6.45) is 3.06. The second kappa shape index (κ2) is 14.6. The van der Waals surface area contributed by atoms with E-state index in [-0.39, 0.29) is 30.2 Å². The van der Waals surface area contributed by atoms with Gasteiger partial charge in [0.15, 0.2) is 0 Å². The zero-order chi connectivity index (χ0) is 29.2. The normalized spacial score (nSPS) is 19.9. The van der Waals surface area contributed by atoms with Crippen molar-refractivity contribution in [3.05, 3.63) is 47.5 Å². The molecule has 3 rings (SSSR count). The van der Waals surface area contributed by atoms with Gasteiger partial charge in [0.1, 0.15) is 23.6 Å². The second-order valence-corrected chi connectivity index (χ2v) is 10.3. The molecule has 0 aromatic heterocycles. The largest absolute Gasteiger partial charge is 0.508 e. The van der Waals surface area contributed by atoms with Gasteiger partial charge < -0.3 is 42.9 Å². The van der Waals surface area contributed by atoms with E-state index in [0.29, 0.717) is 56.4 Å². The van der Waals surface area contributed by atoms with Crippen molar-refractivity contribution in [2.24, 2.45) is 17.2 Å². The van der Waals surface area contributed by atoms with Crippen LogP contribution >= 0.6 is 0 Å². The van der Waals surface area contributed by atoms with Gasteiger partial charge in [0.05, 0.1) is 6.04 Å². The smallest absolute Gasteiger partial charge is 0.245 e. The zero-order valence-corrected chi connectivity index (χ0v) is 23.1. The highest BCUT2D eigenvalue weighted by molar-refractivity contribution is 5.93. The molecule has 40 heavy (non-hydrogen) atoms. The maximum Gasteiger partial charge on any atom is 0.245 e. The van der Waals surface area contributed by atoms with Gasteiger partial charge in [0, 0.05) is 26.4 Å². The van der Waals surface area contributed by atoms with Crippen molar-refractivity contribution in [3.63, 3.8) is 0 Å². The molecule has 2 aromatic rings. The van der Waals surface area contributed by atoms with Gasteiger partial charge in [-0.1, -0.05) is 12.1 Å². The van der Waals surface area contributed by atoms with E-state index in [1.54, 1.807) is 30.3 Å². The number of unbranched alkanes of at least 4 members (excludes halogenated alkanes) is 2. The van der Waals surface area contributed by atoms with Crippen molar-refractivity contribution in [3.8, 4) is 22.6 Å². The van der Waals surface area contributed by atoms with Crippen LogP contribution < -0.4 is 27.8 Å². The number of rotatable bonds is 9. The zero-order valence-electron chi connectivity index (χ0n) is 23.1. The van der Waals surface area contributed by atoms with E-state index >= 15 is 0 Å². The number of amides is 3. The molecule has 0 unspecified atom stereocenters. The lowest BCUT2D eigenvalue weighted by molar-refractivity contribution is -0.142. The molecule has 218 valence electrons. The molecule has 10 N–H and O–H groups in total. The minimum atomic E-state index is -1.03. The Balaban J connectivity index is 2.07. The third-order valence-electron chi connectivity index (χ3n) is 7.29. The van der Waals surface area contributed by atoms with Gasteiger partial charge in [-0.05, 0) is 91.7 Å². The molecule has 0 radical (unpaired) electrons. The molecule has 0 aliphatic carbocycles. The number of phenolic OH excluding ortho intramolecular Hbond substituents is 2. The van der Waals surface area contributed by atoms with Gasteiger partial charge in [-0.2, -0.15) is 0 Å². The summed E-state index contributed by atoms with van der Waals surface area (Å²) in [5.41, 5.74) is 19.9. The predicted molar refractivity (Wildman–Crippen MR) is 153 cm³/mol. The lowest BCUT2D eigenvalue weighted by atomic mass is 9.95. The van der Waals surface area contributed by atoms with Gasteiger partial charge in [0.2, 0.25) is 17.7 Å². The average molecular weight is 555 g/mol. The summed E-state index contributed by atoms with van der Waals surface area (Å²) in [7, 11) is 1.52. The number of benzene rings is 2. The predicted octanol–water partition coefficient (Wildman–Crippen LogP) is 0.487. The van der Waals surface area contributed by atoms with Crippen molar-refractivity contribution < 1.29 is 24.6 Å². The molecule has 0 spiro atoms. The molecule has 0 saturated heterocycles. The number of hydrogen-bond acceptors (Lipinski definition) is 8. The summed E-state index contributed by atoms with van der Waals surface area (Å²) in [4.78, 5) is 41.6. The summed E-state index contributed by atoms with van der Waals surface area (Å²) in [6, 6.07) is 7.11. The van der Waals surface area contributed by atoms with Crippen LogP contribution in [0, 0.1) is 0 Å². The summed E-state index contributed by atoms with van der Waals surface area (Å²) in [5, 5.41) is 26.8. The van der Waals surface area contributed by atoms with Gasteiger partial charge in [0.25, 0.3) is 0 Å². The van der Waals surface area contributed by atoms with E-state index in [2.05, 4.69) is 10.6 Å². The van der Waals surface area contributed by atoms with E-state index in [4.69, 9.17) is 17.2 Å². The van der Waals surface area contributed by atoms with Crippen LogP contribution in [-0.2, 0) is 27.2 Å². The highest BCUT2D eigenvalue weighted by Gasteiger charge is 2.33. The number of phenols is 2. The van der Waals surface area contributed by atoms with Gasteiger partial charge in [-0.25, -0.2) is 0 Å². The van der Waals surface area contributed by atoms with Crippen molar-refractivity contribution in [1.82, 2.24) is 15.5 Å². The maximum atomic E-state index is 13.8. The van der Waals surface area contributed by atoms with Crippen LogP contribution in [0.3, 0.4) is 0 Å². The molecular weight excluding hydrogens is 512 g/mol. The number of carbonyl (C=O) groups is 3. The van der Waals surface area contributed by atoms with Crippen molar-refractivity contribution in [2.75, 3.05) is 26.7 Å². The third-order valence-corrected chi connectivity index (χ3v) is 7.29. The molecule has 3 atom stereocenters. The first kappa shape index (κ1) is 30.9. The van der Waals surface area contributed by atoms with Crippen LogP contribution in [-0.4, -0.2) is 77.6 Å². The fraction of sp³-hybridized carbons (Fsp3) is 0.483. The maximum absolute atomic E-state index is 13.8.